The van der Waals surface area contributed by atoms with E-state index in [0.717, 1.165) is 33.3 Å². The van der Waals surface area contributed by atoms with Crippen molar-refractivity contribution >= 4 is 75.1 Å². The molecule has 1 unspecified atom stereocenters. The van der Waals surface area contributed by atoms with Gasteiger partial charge in [-0.1, -0.05) is 70.8 Å². The lowest BCUT2D eigenvalue weighted by Gasteiger charge is -2.14. The lowest BCUT2D eigenvalue weighted by Crippen LogP contribution is -2.31. The minimum Gasteiger partial charge on any atom is -0.356 e. The Kier molecular flexibility index (Phi) is 6.54. The highest BCUT2D eigenvalue weighted by molar-refractivity contribution is 8.05. The molecule has 172 valence electrons. The van der Waals surface area contributed by atoms with Crippen molar-refractivity contribution in [2.24, 2.45) is 0 Å². The van der Waals surface area contributed by atoms with Gasteiger partial charge in [0.25, 0.3) is 5.91 Å². The largest absolute Gasteiger partial charge is 0.356 e. The maximum Gasteiger partial charge on any atom is 0.260 e. The molecule has 0 radical (unpaired) electrons. The molecule has 34 heavy (non-hydrogen) atoms. The van der Waals surface area contributed by atoms with Crippen molar-refractivity contribution in [3.63, 3.8) is 0 Å². The molecular weight excluding hydrogens is 509 g/mol. The van der Waals surface area contributed by atoms with Gasteiger partial charge in [-0.3, -0.25) is 4.79 Å². The number of nitrogens with zero attached hydrogens (tertiary/aromatic N) is 1. The summed E-state index contributed by atoms with van der Waals surface area (Å²) < 4.78 is 2.14. The number of carbonyl (C=O) groups is 1. The second-order valence-electron chi connectivity index (χ2n) is 8.05. The molecule has 0 saturated carbocycles. The molecule has 5 rings (SSSR count). The Morgan fingerprint density at radius 3 is 2.62 bits per heavy atom. The third-order valence-corrected chi connectivity index (χ3v) is 7.52. The SMILES string of the molecule is Cc1cc(Cl)ccc1NC1NC(=O)/C(=C/c2cn(Cc3ccc(Cl)cc3Cl)c3ccccc23)S1. The Labute approximate surface area is 216 Å². The summed E-state index contributed by atoms with van der Waals surface area (Å²) in [5.74, 6) is -0.105. The molecule has 1 atom stereocenters. The minimum absolute atomic E-state index is 0.105. The van der Waals surface area contributed by atoms with Gasteiger partial charge in [-0.2, -0.15) is 0 Å². The average molecular weight is 529 g/mol. The number of para-hydroxylation sites is 1. The first-order chi connectivity index (χ1) is 16.4. The normalized spacial score (nSPS) is 16.9. The number of aryl methyl sites for hydroxylation is 1. The van der Waals surface area contributed by atoms with E-state index >= 15 is 0 Å². The summed E-state index contributed by atoms with van der Waals surface area (Å²) in [6, 6.07) is 19.3. The van der Waals surface area contributed by atoms with E-state index in [4.69, 9.17) is 34.8 Å². The summed E-state index contributed by atoms with van der Waals surface area (Å²) in [5.41, 5.74) is 4.70. The van der Waals surface area contributed by atoms with Gasteiger partial charge >= 0.3 is 0 Å². The van der Waals surface area contributed by atoms with Crippen LogP contribution < -0.4 is 10.6 Å². The van der Waals surface area contributed by atoms with Crippen molar-refractivity contribution < 1.29 is 4.79 Å². The molecule has 1 saturated heterocycles. The van der Waals surface area contributed by atoms with Crippen LogP contribution in [-0.2, 0) is 11.3 Å². The molecule has 1 aromatic heterocycles. The van der Waals surface area contributed by atoms with Crippen LogP contribution >= 0.6 is 46.6 Å². The van der Waals surface area contributed by atoms with E-state index in [1.165, 1.54) is 11.8 Å². The summed E-state index contributed by atoms with van der Waals surface area (Å²) in [7, 11) is 0. The Hall–Kier alpha value is -2.57. The van der Waals surface area contributed by atoms with E-state index in [9.17, 15) is 4.79 Å². The number of anilines is 1. The van der Waals surface area contributed by atoms with Gasteiger partial charge in [0.2, 0.25) is 0 Å². The second kappa shape index (κ2) is 9.59. The zero-order chi connectivity index (χ0) is 23.8. The number of thioether (sulfide) groups is 1. The fraction of sp³-hybridized carbons (Fsp3) is 0.115. The number of benzene rings is 3. The average Bonchev–Trinajstić information content (AvgIpc) is 3.32. The van der Waals surface area contributed by atoms with Gasteiger partial charge in [0.1, 0.15) is 0 Å². The Morgan fingerprint density at radius 2 is 1.82 bits per heavy atom. The summed E-state index contributed by atoms with van der Waals surface area (Å²) in [6.07, 6.45) is 4.00. The van der Waals surface area contributed by atoms with E-state index < -0.39 is 0 Å². The zero-order valence-electron chi connectivity index (χ0n) is 18.1. The predicted octanol–water partition coefficient (Wildman–Crippen LogP) is 7.56. The number of nitrogens with one attached hydrogen (secondary N) is 2. The van der Waals surface area contributed by atoms with Crippen LogP contribution in [0.15, 0.2) is 71.8 Å². The predicted molar refractivity (Wildman–Crippen MR) is 145 cm³/mol. The number of fused-ring (bicyclic) bond motifs is 1. The fourth-order valence-corrected chi connectivity index (χ4v) is 5.65. The standard InChI is InChI=1S/C26H20Cl3N3OS/c1-15-10-18(27)8-9-22(15)30-26-31-25(33)24(34-26)11-17-14-32(23-5-3-2-4-20(17)23)13-16-6-7-19(28)12-21(16)29/h2-12,14,26,30H,13H2,1H3,(H,31,33)/b24-11-. The van der Waals surface area contributed by atoms with Crippen LogP contribution in [0.2, 0.25) is 15.1 Å². The van der Waals surface area contributed by atoms with Gasteiger partial charge in [-0.05, 0) is 60.5 Å². The maximum atomic E-state index is 12.7. The molecule has 1 amide bonds. The van der Waals surface area contributed by atoms with E-state index in [0.29, 0.717) is 26.5 Å². The van der Waals surface area contributed by atoms with Crippen molar-refractivity contribution in [1.29, 1.82) is 0 Å². The molecule has 0 aliphatic carbocycles. The molecule has 8 heteroatoms. The van der Waals surface area contributed by atoms with Crippen LogP contribution in [0, 0.1) is 6.92 Å². The van der Waals surface area contributed by atoms with Crippen molar-refractivity contribution in [1.82, 2.24) is 9.88 Å². The second-order valence-corrected chi connectivity index (χ2v) is 10.5. The molecule has 0 bridgehead atoms. The Bertz CT molecular complexity index is 1450. The molecular formula is C26H20Cl3N3OS. The molecule has 2 N–H and O–H groups in total. The van der Waals surface area contributed by atoms with Gasteiger partial charge in [0, 0.05) is 50.0 Å². The summed E-state index contributed by atoms with van der Waals surface area (Å²) >= 11 is 20.0. The topological polar surface area (TPSA) is 46.1 Å². The first-order valence-corrected chi connectivity index (χ1v) is 12.6. The lowest BCUT2D eigenvalue weighted by atomic mass is 10.1. The number of hydrogen-bond acceptors (Lipinski definition) is 3. The fourth-order valence-electron chi connectivity index (χ4n) is 3.99. The molecule has 1 aliphatic rings. The van der Waals surface area contributed by atoms with Crippen LogP contribution in [0.1, 0.15) is 16.7 Å². The molecule has 0 spiro atoms. The third-order valence-electron chi connectivity index (χ3n) is 5.67. The highest BCUT2D eigenvalue weighted by Gasteiger charge is 2.28. The highest BCUT2D eigenvalue weighted by atomic mass is 35.5. The summed E-state index contributed by atoms with van der Waals surface area (Å²) in [5, 5.41) is 9.35. The van der Waals surface area contributed by atoms with Crippen LogP contribution in [0.5, 0.6) is 0 Å². The molecule has 4 aromatic rings. The number of carbonyl (C=O) groups excluding carboxylic acids is 1. The quantitative estimate of drug-likeness (QED) is 0.263. The summed E-state index contributed by atoms with van der Waals surface area (Å²) in [4.78, 5) is 13.4. The molecule has 1 fully saturated rings. The number of hydrogen-bond donors (Lipinski definition) is 2. The van der Waals surface area contributed by atoms with Gasteiger partial charge in [-0.15, -0.1) is 0 Å². The van der Waals surface area contributed by atoms with E-state index in [2.05, 4.69) is 33.5 Å². The maximum absolute atomic E-state index is 12.7. The van der Waals surface area contributed by atoms with Crippen molar-refractivity contribution in [3.05, 3.63) is 104 Å². The van der Waals surface area contributed by atoms with Crippen LogP contribution in [-0.4, -0.2) is 16.0 Å². The first-order valence-electron chi connectivity index (χ1n) is 10.6. The number of halogens is 3. The Morgan fingerprint density at radius 1 is 1.06 bits per heavy atom. The third kappa shape index (κ3) is 4.80. The monoisotopic (exact) mass is 527 g/mol. The van der Waals surface area contributed by atoms with Gasteiger partial charge in [0.05, 0.1) is 4.91 Å². The molecule has 3 aromatic carbocycles. The molecule has 4 nitrogen and oxygen atoms in total. The number of amides is 1. The summed E-state index contributed by atoms with van der Waals surface area (Å²) in [6.45, 7) is 2.58. The van der Waals surface area contributed by atoms with Crippen molar-refractivity contribution in [2.45, 2.75) is 19.0 Å². The molecule has 2 heterocycles. The van der Waals surface area contributed by atoms with Crippen LogP contribution in [0.4, 0.5) is 5.69 Å². The minimum atomic E-state index is -0.264. The van der Waals surface area contributed by atoms with Gasteiger partial charge in [0.15, 0.2) is 5.50 Å². The van der Waals surface area contributed by atoms with Gasteiger partial charge in [-0.25, -0.2) is 0 Å². The van der Waals surface area contributed by atoms with Crippen LogP contribution in [0.3, 0.4) is 0 Å². The number of aromatic nitrogens is 1. The van der Waals surface area contributed by atoms with E-state index in [1.54, 1.807) is 6.07 Å². The van der Waals surface area contributed by atoms with Gasteiger partial charge < -0.3 is 15.2 Å². The molecule has 1 aliphatic heterocycles. The zero-order valence-corrected chi connectivity index (χ0v) is 21.2. The van der Waals surface area contributed by atoms with E-state index in [-0.39, 0.29) is 11.4 Å². The number of rotatable bonds is 5. The van der Waals surface area contributed by atoms with E-state index in [1.807, 2.05) is 55.5 Å². The first kappa shape index (κ1) is 23.2. The van der Waals surface area contributed by atoms with Crippen molar-refractivity contribution in [2.75, 3.05) is 5.32 Å². The van der Waals surface area contributed by atoms with Crippen molar-refractivity contribution in [3.8, 4) is 0 Å². The van der Waals surface area contributed by atoms with Crippen LogP contribution in [0.25, 0.3) is 17.0 Å². The lowest BCUT2D eigenvalue weighted by molar-refractivity contribution is -0.116. The Balaban J connectivity index is 1.43. The smallest absolute Gasteiger partial charge is 0.260 e. The highest BCUT2D eigenvalue weighted by Crippen LogP contribution is 2.34.